The van der Waals surface area contributed by atoms with E-state index < -0.39 is 15.6 Å². The first-order valence-electron chi connectivity index (χ1n) is 14.3. The van der Waals surface area contributed by atoms with E-state index in [1.807, 2.05) is 30.9 Å². The molecule has 41 heavy (non-hydrogen) atoms. The Morgan fingerprint density at radius 3 is 2.24 bits per heavy atom. The summed E-state index contributed by atoms with van der Waals surface area (Å²) in [5, 5.41) is 0.499. The van der Waals surface area contributed by atoms with Crippen LogP contribution in [0.2, 0.25) is 0 Å². The molecule has 5 rings (SSSR count). The van der Waals surface area contributed by atoms with Crippen molar-refractivity contribution in [1.82, 2.24) is 14.1 Å². The molecule has 2 fully saturated rings. The van der Waals surface area contributed by atoms with Crippen molar-refractivity contribution < 1.29 is 22.7 Å². The van der Waals surface area contributed by atoms with Gasteiger partial charge in [0.15, 0.2) is 5.11 Å². The highest BCUT2D eigenvalue weighted by atomic mass is 32.2. The van der Waals surface area contributed by atoms with Crippen LogP contribution >= 0.6 is 12.2 Å². The van der Waals surface area contributed by atoms with Crippen molar-refractivity contribution in [2.75, 3.05) is 44.2 Å². The van der Waals surface area contributed by atoms with Crippen LogP contribution in [0.25, 0.3) is 0 Å². The molecule has 2 aromatic carbocycles. The average Bonchev–Trinajstić information content (AvgIpc) is 3.42. The van der Waals surface area contributed by atoms with Gasteiger partial charge in [-0.3, -0.25) is 9.69 Å². The summed E-state index contributed by atoms with van der Waals surface area (Å²) in [4.78, 5) is 31.5. The molecule has 0 unspecified atom stereocenters. The van der Waals surface area contributed by atoms with Crippen LogP contribution in [-0.4, -0.2) is 84.3 Å². The molecule has 0 aromatic heterocycles. The highest BCUT2D eigenvalue weighted by Crippen LogP contribution is 2.34. The minimum absolute atomic E-state index is 0.0654. The van der Waals surface area contributed by atoms with Crippen molar-refractivity contribution in [1.29, 1.82) is 0 Å². The first kappa shape index (κ1) is 29.6. The fourth-order valence-corrected chi connectivity index (χ4v) is 7.72. The summed E-state index contributed by atoms with van der Waals surface area (Å²) in [6, 6.07) is 13.9. The van der Waals surface area contributed by atoms with Gasteiger partial charge in [-0.15, -0.1) is 0 Å². The first-order valence-corrected chi connectivity index (χ1v) is 16.2. The zero-order valence-corrected chi connectivity index (χ0v) is 25.4. The zero-order chi connectivity index (χ0) is 29.2. The molecule has 0 atom stereocenters. The smallest absolute Gasteiger partial charge is 0.338 e. The Hall–Kier alpha value is -2.86. The summed E-state index contributed by atoms with van der Waals surface area (Å²) in [5.74, 6) is -0.398. The molecule has 0 N–H and O–H groups in total. The number of thiocarbonyl (C=S) groups is 1. The number of cyclic esters (lactones) is 1. The number of nitrogens with zero attached hydrogens (tertiary/aromatic N) is 4. The summed E-state index contributed by atoms with van der Waals surface area (Å²) >= 11 is 5.76. The third-order valence-corrected chi connectivity index (χ3v) is 10.6. The second-order valence-electron chi connectivity index (χ2n) is 11.4. The van der Waals surface area contributed by atoms with Crippen LogP contribution in [0.15, 0.2) is 53.4 Å². The molecule has 3 aliphatic heterocycles. The van der Waals surface area contributed by atoms with Gasteiger partial charge in [0.1, 0.15) is 12.1 Å². The van der Waals surface area contributed by atoms with Crippen LogP contribution < -0.4 is 4.90 Å². The van der Waals surface area contributed by atoms with Gasteiger partial charge in [-0.2, -0.15) is 4.31 Å². The number of piperazine rings is 1. The number of fused-ring (bicyclic) bond motifs is 1. The summed E-state index contributed by atoms with van der Waals surface area (Å²) in [5.41, 5.74) is 1.25. The molecule has 3 aliphatic rings. The van der Waals surface area contributed by atoms with Gasteiger partial charge in [-0.05, 0) is 75.8 Å². The second kappa shape index (κ2) is 12.2. The van der Waals surface area contributed by atoms with E-state index in [0.717, 1.165) is 57.3 Å². The molecule has 9 nitrogen and oxygen atoms in total. The summed E-state index contributed by atoms with van der Waals surface area (Å²) in [6.07, 6.45) is 5.27. The van der Waals surface area contributed by atoms with Crippen molar-refractivity contribution in [2.24, 2.45) is 0 Å². The van der Waals surface area contributed by atoms with E-state index in [9.17, 15) is 18.0 Å². The van der Waals surface area contributed by atoms with Gasteiger partial charge >= 0.3 is 5.97 Å². The highest BCUT2D eigenvalue weighted by Gasteiger charge is 2.49. The number of carbonyl (C=O) groups is 2. The molecule has 1 amide bonds. The third kappa shape index (κ3) is 6.04. The molecule has 220 valence electrons. The van der Waals surface area contributed by atoms with E-state index in [2.05, 4.69) is 4.90 Å². The minimum Gasteiger partial charge on any atom is -0.457 e. The fraction of sp³-hybridized carbons (Fsp3) is 0.500. The Morgan fingerprint density at radius 2 is 1.54 bits per heavy atom. The van der Waals surface area contributed by atoms with Gasteiger partial charge in [-0.25, -0.2) is 13.2 Å². The van der Waals surface area contributed by atoms with Crippen LogP contribution in [0, 0.1) is 0 Å². The van der Waals surface area contributed by atoms with E-state index in [1.165, 1.54) is 0 Å². The van der Waals surface area contributed by atoms with E-state index >= 15 is 0 Å². The molecule has 0 spiro atoms. The van der Waals surface area contributed by atoms with Crippen molar-refractivity contribution in [2.45, 2.75) is 63.0 Å². The van der Waals surface area contributed by atoms with Gasteiger partial charge in [0.25, 0.3) is 5.91 Å². The average molecular weight is 599 g/mol. The van der Waals surface area contributed by atoms with Gasteiger partial charge in [-0.1, -0.05) is 37.5 Å². The summed E-state index contributed by atoms with van der Waals surface area (Å²) < 4.78 is 32.4. The predicted molar refractivity (Wildman–Crippen MR) is 161 cm³/mol. The molecule has 0 radical (unpaired) electrons. The molecule has 0 saturated carbocycles. The van der Waals surface area contributed by atoms with Gasteiger partial charge in [0, 0.05) is 38.3 Å². The molecule has 0 bridgehead atoms. The normalized spacial score (nSPS) is 19.6. The second-order valence-corrected chi connectivity index (χ2v) is 13.7. The molecule has 2 saturated heterocycles. The van der Waals surface area contributed by atoms with E-state index in [1.54, 1.807) is 45.6 Å². The lowest BCUT2D eigenvalue weighted by Gasteiger charge is -2.34. The maximum absolute atomic E-state index is 13.3. The fourth-order valence-electron chi connectivity index (χ4n) is 5.77. The van der Waals surface area contributed by atoms with Crippen LogP contribution in [0.5, 0.6) is 0 Å². The molecule has 3 heterocycles. The van der Waals surface area contributed by atoms with Crippen molar-refractivity contribution in [3.63, 3.8) is 0 Å². The number of esters is 1. The van der Waals surface area contributed by atoms with Gasteiger partial charge in [0.05, 0.1) is 16.1 Å². The highest BCUT2D eigenvalue weighted by molar-refractivity contribution is 7.89. The number of benzene rings is 2. The maximum Gasteiger partial charge on any atom is 0.338 e. The lowest BCUT2D eigenvalue weighted by atomic mass is 10.0. The topological polar surface area (TPSA) is 90.5 Å². The Bertz CT molecular complexity index is 1410. The molecular formula is C30H38N4O5S2. The monoisotopic (exact) mass is 598 g/mol. The number of hydrogen-bond donors (Lipinski definition) is 0. The quantitative estimate of drug-likeness (QED) is 0.218. The number of anilines is 1. The lowest BCUT2D eigenvalue weighted by Crippen LogP contribution is -2.48. The number of sulfonamides is 1. The van der Waals surface area contributed by atoms with Crippen molar-refractivity contribution in [3.05, 3.63) is 59.7 Å². The lowest BCUT2D eigenvalue weighted by molar-refractivity contribution is -0.123. The van der Waals surface area contributed by atoms with Crippen LogP contribution in [-0.2, 0) is 26.2 Å². The van der Waals surface area contributed by atoms with Crippen molar-refractivity contribution in [3.8, 4) is 0 Å². The predicted octanol–water partition coefficient (Wildman–Crippen LogP) is 4.03. The van der Waals surface area contributed by atoms with Gasteiger partial charge < -0.3 is 14.5 Å². The Balaban J connectivity index is 1.02. The number of carbonyl (C=O) groups excluding carboxylic acids is 2. The molecular weight excluding hydrogens is 560 g/mol. The standard InChI is InChI=1S/C30H38N4O5S2/c1-30(2)28(36)34(24-13-14-26-23(21-24)22-39-27(26)35)29(40)33(30)16-10-5-3-4-9-15-31-17-19-32(20-18-31)41(37,38)25-11-7-6-8-12-25/h6-8,11-14,21H,3-5,9-10,15-20,22H2,1-2H3. The zero-order valence-electron chi connectivity index (χ0n) is 23.8. The Kier molecular flexibility index (Phi) is 8.79. The van der Waals surface area contributed by atoms with Crippen LogP contribution in [0.1, 0.15) is 61.9 Å². The largest absolute Gasteiger partial charge is 0.457 e. The Labute approximate surface area is 248 Å². The summed E-state index contributed by atoms with van der Waals surface area (Å²) in [6.45, 7) is 8.28. The van der Waals surface area contributed by atoms with Crippen molar-refractivity contribution >= 4 is 44.9 Å². The number of hydrogen-bond acceptors (Lipinski definition) is 7. The maximum atomic E-state index is 13.3. The molecule has 0 aliphatic carbocycles. The van der Waals surface area contributed by atoms with Crippen LogP contribution in [0.3, 0.4) is 0 Å². The summed E-state index contributed by atoms with van der Waals surface area (Å²) in [7, 11) is -3.42. The Morgan fingerprint density at radius 1 is 0.878 bits per heavy atom. The molecule has 11 heteroatoms. The SMILES string of the molecule is CC1(C)C(=O)N(c2ccc3c(c2)COC3=O)C(=S)N1CCCCCCCN1CCN(S(=O)(=O)c2ccccc2)CC1. The number of rotatable bonds is 11. The van der Waals surface area contributed by atoms with E-state index in [4.69, 9.17) is 17.0 Å². The number of amides is 1. The van der Waals surface area contributed by atoms with Crippen LogP contribution in [0.4, 0.5) is 5.69 Å². The van der Waals surface area contributed by atoms with E-state index in [0.29, 0.717) is 40.9 Å². The number of ether oxygens (including phenoxy) is 1. The number of unbranched alkanes of at least 4 members (excludes halogenated alkanes) is 4. The third-order valence-electron chi connectivity index (χ3n) is 8.32. The van der Waals surface area contributed by atoms with E-state index in [-0.39, 0.29) is 18.5 Å². The van der Waals surface area contributed by atoms with Gasteiger partial charge in [0.2, 0.25) is 10.0 Å². The molecule has 2 aromatic rings. The minimum atomic E-state index is -3.42. The first-order chi connectivity index (χ1) is 19.6.